The third kappa shape index (κ3) is 1.81. The largest absolute Gasteiger partial charge is 0.382 e. The zero-order valence-corrected chi connectivity index (χ0v) is 8.53. The first kappa shape index (κ1) is 9.30. The lowest BCUT2D eigenvalue weighted by Gasteiger charge is -2.07. The highest BCUT2D eigenvalue weighted by atomic mass is 32.1. The first-order valence-corrected chi connectivity index (χ1v) is 5.12. The monoisotopic (exact) mass is 206 g/mol. The first-order valence-electron chi connectivity index (χ1n) is 4.28. The van der Waals surface area contributed by atoms with Crippen LogP contribution in [-0.4, -0.2) is 14.5 Å². The van der Waals surface area contributed by atoms with Gasteiger partial charge in [-0.2, -0.15) is 4.37 Å². The maximum absolute atomic E-state index is 9.92. The molecule has 0 amide bonds. The van der Waals surface area contributed by atoms with E-state index in [0.717, 1.165) is 11.3 Å². The molecule has 0 bridgehead atoms. The predicted molar refractivity (Wildman–Crippen MR) is 55.1 cm³/mol. The molecule has 0 fully saturated rings. The molecule has 1 unspecified atom stereocenters. The number of hydrogen-bond acceptors (Lipinski definition) is 4. The van der Waals surface area contributed by atoms with Gasteiger partial charge in [0.05, 0.1) is 5.69 Å². The fourth-order valence-electron chi connectivity index (χ4n) is 1.27. The van der Waals surface area contributed by atoms with Crippen molar-refractivity contribution < 1.29 is 5.11 Å². The number of aliphatic hydroxyl groups is 1. The molecule has 0 radical (unpaired) electrons. The molecule has 2 aromatic rings. The van der Waals surface area contributed by atoms with Crippen LogP contribution in [0.1, 0.15) is 23.1 Å². The lowest BCUT2D eigenvalue weighted by Crippen LogP contribution is -2.00. The fraction of sp³-hybridized carbons (Fsp3) is 0.200. The van der Waals surface area contributed by atoms with Crippen molar-refractivity contribution in [2.45, 2.75) is 13.0 Å². The van der Waals surface area contributed by atoms with E-state index in [1.807, 2.05) is 24.4 Å². The van der Waals surface area contributed by atoms with Gasteiger partial charge in [0.1, 0.15) is 6.10 Å². The minimum Gasteiger partial charge on any atom is -0.382 e. The van der Waals surface area contributed by atoms with Gasteiger partial charge < -0.3 is 5.11 Å². The third-order valence-electron chi connectivity index (χ3n) is 1.97. The van der Waals surface area contributed by atoms with Gasteiger partial charge in [0.25, 0.3) is 0 Å². The molecule has 0 saturated carbocycles. The Labute approximate surface area is 86.2 Å². The number of nitrogens with zero attached hydrogens (tertiary/aromatic N) is 2. The van der Waals surface area contributed by atoms with Crippen molar-refractivity contribution in [1.82, 2.24) is 9.36 Å². The van der Waals surface area contributed by atoms with E-state index in [-0.39, 0.29) is 0 Å². The molecule has 14 heavy (non-hydrogen) atoms. The second kappa shape index (κ2) is 3.86. The van der Waals surface area contributed by atoms with Crippen LogP contribution in [0.5, 0.6) is 0 Å². The summed E-state index contributed by atoms with van der Waals surface area (Å²) in [7, 11) is 0. The van der Waals surface area contributed by atoms with Gasteiger partial charge in [0.2, 0.25) is 0 Å². The molecule has 2 rings (SSSR count). The summed E-state index contributed by atoms with van der Waals surface area (Å²) in [6, 6.07) is 5.49. The highest BCUT2D eigenvalue weighted by Crippen LogP contribution is 2.20. The van der Waals surface area contributed by atoms with Crippen molar-refractivity contribution in [2.75, 3.05) is 0 Å². The van der Waals surface area contributed by atoms with Crippen LogP contribution in [0.4, 0.5) is 0 Å². The SMILES string of the molecule is Cc1cc(C(O)c2ccsn2)ccn1. The van der Waals surface area contributed by atoms with Gasteiger partial charge in [-0.15, -0.1) is 0 Å². The van der Waals surface area contributed by atoms with E-state index in [0.29, 0.717) is 5.69 Å². The number of aryl methyl sites for hydroxylation is 1. The third-order valence-corrected chi connectivity index (χ3v) is 2.55. The van der Waals surface area contributed by atoms with Crippen LogP contribution >= 0.6 is 11.5 Å². The number of rotatable bonds is 2. The average Bonchev–Trinajstić information content (AvgIpc) is 2.69. The smallest absolute Gasteiger partial charge is 0.122 e. The normalized spacial score (nSPS) is 12.7. The van der Waals surface area contributed by atoms with Gasteiger partial charge in [-0.25, -0.2) is 0 Å². The molecular weight excluding hydrogens is 196 g/mol. The molecule has 2 aromatic heterocycles. The molecule has 1 N–H and O–H groups in total. The van der Waals surface area contributed by atoms with Gasteiger partial charge in [-0.05, 0) is 42.2 Å². The zero-order chi connectivity index (χ0) is 9.97. The number of pyridine rings is 1. The lowest BCUT2D eigenvalue weighted by atomic mass is 10.1. The average molecular weight is 206 g/mol. The molecule has 2 heterocycles. The minimum atomic E-state index is -0.636. The van der Waals surface area contributed by atoms with Crippen molar-refractivity contribution in [3.63, 3.8) is 0 Å². The predicted octanol–water partition coefficient (Wildman–Crippen LogP) is 1.93. The van der Waals surface area contributed by atoms with Crippen molar-refractivity contribution in [2.24, 2.45) is 0 Å². The van der Waals surface area contributed by atoms with Crippen molar-refractivity contribution in [1.29, 1.82) is 0 Å². The van der Waals surface area contributed by atoms with E-state index in [1.165, 1.54) is 11.5 Å². The minimum absolute atomic E-state index is 0.636. The van der Waals surface area contributed by atoms with Gasteiger partial charge >= 0.3 is 0 Å². The quantitative estimate of drug-likeness (QED) is 0.816. The molecule has 0 aliphatic carbocycles. The Kier molecular flexibility index (Phi) is 2.56. The molecule has 1 atom stereocenters. The van der Waals surface area contributed by atoms with Gasteiger partial charge in [-0.3, -0.25) is 4.98 Å². The lowest BCUT2D eigenvalue weighted by molar-refractivity contribution is 0.216. The Balaban J connectivity index is 2.32. The van der Waals surface area contributed by atoms with Crippen LogP contribution in [0.2, 0.25) is 0 Å². The first-order chi connectivity index (χ1) is 6.77. The van der Waals surface area contributed by atoms with Crippen LogP contribution in [0, 0.1) is 6.92 Å². The van der Waals surface area contributed by atoms with E-state index in [2.05, 4.69) is 9.36 Å². The summed E-state index contributed by atoms with van der Waals surface area (Å²) < 4.78 is 4.09. The summed E-state index contributed by atoms with van der Waals surface area (Å²) in [5.41, 5.74) is 2.43. The molecule has 0 aliphatic rings. The van der Waals surface area contributed by atoms with E-state index >= 15 is 0 Å². The van der Waals surface area contributed by atoms with Gasteiger partial charge in [0.15, 0.2) is 0 Å². The van der Waals surface area contributed by atoms with Crippen LogP contribution < -0.4 is 0 Å². The van der Waals surface area contributed by atoms with Gasteiger partial charge in [-0.1, -0.05) is 0 Å². The van der Waals surface area contributed by atoms with Crippen LogP contribution in [0.15, 0.2) is 29.8 Å². The number of hydrogen-bond donors (Lipinski definition) is 1. The van der Waals surface area contributed by atoms with Crippen molar-refractivity contribution in [3.8, 4) is 0 Å². The summed E-state index contributed by atoms with van der Waals surface area (Å²) in [6.45, 7) is 1.90. The van der Waals surface area contributed by atoms with Gasteiger partial charge in [0, 0.05) is 17.3 Å². The number of aromatic nitrogens is 2. The van der Waals surface area contributed by atoms with E-state index in [1.54, 1.807) is 12.3 Å². The highest BCUT2D eigenvalue weighted by Gasteiger charge is 2.11. The molecule has 0 aliphatic heterocycles. The van der Waals surface area contributed by atoms with Crippen LogP contribution in [0.3, 0.4) is 0 Å². The molecule has 0 saturated heterocycles. The van der Waals surface area contributed by atoms with Crippen molar-refractivity contribution >= 4 is 11.5 Å². The maximum atomic E-state index is 9.92. The molecule has 0 spiro atoms. The summed E-state index contributed by atoms with van der Waals surface area (Å²) in [5.74, 6) is 0. The summed E-state index contributed by atoms with van der Waals surface area (Å²) in [6.07, 6.45) is 1.06. The molecule has 0 aromatic carbocycles. The van der Waals surface area contributed by atoms with E-state index in [4.69, 9.17) is 0 Å². The van der Waals surface area contributed by atoms with Crippen molar-refractivity contribution in [3.05, 3.63) is 46.7 Å². The van der Waals surface area contributed by atoms with E-state index < -0.39 is 6.10 Å². The number of aliphatic hydroxyl groups excluding tert-OH is 1. The Bertz CT molecular complexity index is 414. The molecule has 3 nitrogen and oxygen atoms in total. The van der Waals surface area contributed by atoms with Crippen LogP contribution in [-0.2, 0) is 0 Å². The second-order valence-electron chi connectivity index (χ2n) is 3.06. The standard InChI is InChI=1S/C10H10N2OS/c1-7-6-8(2-4-11-7)10(13)9-3-5-14-12-9/h2-6,10,13H,1H3. The maximum Gasteiger partial charge on any atom is 0.122 e. The van der Waals surface area contributed by atoms with Crippen LogP contribution in [0.25, 0.3) is 0 Å². The summed E-state index contributed by atoms with van der Waals surface area (Å²) >= 11 is 1.34. The topological polar surface area (TPSA) is 46.0 Å². The Morgan fingerprint density at radius 1 is 1.43 bits per heavy atom. The Morgan fingerprint density at radius 2 is 2.29 bits per heavy atom. The molecule has 4 heteroatoms. The fourth-order valence-corrected chi connectivity index (χ4v) is 1.81. The zero-order valence-electron chi connectivity index (χ0n) is 7.71. The molecule has 72 valence electrons. The second-order valence-corrected chi connectivity index (χ2v) is 3.72. The highest BCUT2D eigenvalue weighted by molar-refractivity contribution is 7.03. The van der Waals surface area contributed by atoms with E-state index in [9.17, 15) is 5.11 Å². The summed E-state index contributed by atoms with van der Waals surface area (Å²) in [4.78, 5) is 4.07. The Morgan fingerprint density at radius 3 is 2.93 bits per heavy atom. The Hall–Kier alpha value is -1.26. The summed E-state index contributed by atoms with van der Waals surface area (Å²) in [5, 5.41) is 11.8. The molecular formula is C10H10N2OS.